The maximum atomic E-state index is 11.6. The van der Waals surface area contributed by atoms with Gasteiger partial charge in [0.15, 0.2) is 0 Å². The number of pyridine rings is 1. The molecular formula is C12H12N2OS. The molecule has 0 saturated carbocycles. The molecule has 3 nitrogen and oxygen atoms in total. The molecule has 0 saturated heterocycles. The van der Waals surface area contributed by atoms with Gasteiger partial charge in [0.25, 0.3) is 0 Å². The van der Waals surface area contributed by atoms with Gasteiger partial charge in [-0.2, -0.15) is 0 Å². The molecule has 2 aromatic rings. The predicted octanol–water partition coefficient (Wildman–Crippen LogP) is 2.63. The first-order chi connectivity index (χ1) is 7.74. The minimum Gasteiger partial charge on any atom is -0.310 e. The maximum absolute atomic E-state index is 11.6. The Morgan fingerprint density at radius 1 is 1.44 bits per heavy atom. The second-order valence-electron chi connectivity index (χ2n) is 3.53. The summed E-state index contributed by atoms with van der Waals surface area (Å²) in [6, 6.07) is 7.62. The van der Waals surface area contributed by atoms with Gasteiger partial charge < -0.3 is 5.32 Å². The van der Waals surface area contributed by atoms with E-state index in [1.807, 2.05) is 36.6 Å². The number of carbonyl (C=O) groups excluding carboxylic acids is 1. The highest BCUT2D eigenvalue weighted by Gasteiger charge is 2.04. The van der Waals surface area contributed by atoms with Crippen LogP contribution in [0.25, 0.3) is 0 Å². The third-order valence-corrected chi connectivity index (χ3v) is 2.97. The Hall–Kier alpha value is -1.68. The van der Waals surface area contributed by atoms with Gasteiger partial charge in [-0.3, -0.25) is 4.79 Å². The number of nitrogens with one attached hydrogen (secondary N) is 1. The summed E-state index contributed by atoms with van der Waals surface area (Å²) >= 11 is 1.58. The van der Waals surface area contributed by atoms with Crippen molar-refractivity contribution in [2.75, 3.05) is 5.32 Å². The van der Waals surface area contributed by atoms with E-state index in [9.17, 15) is 4.79 Å². The predicted molar refractivity (Wildman–Crippen MR) is 65.6 cm³/mol. The molecule has 0 unspecified atom stereocenters. The Labute approximate surface area is 98.2 Å². The van der Waals surface area contributed by atoms with Crippen LogP contribution in [0.2, 0.25) is 0 Å². The van der Waals surface area contributed by atoms with Crippen LogP contribution in [0.4, 0.5) is 5.82 Å². The fourth-order valence-electron chi connectivity index (χ4n) is 1.30. The van der Waals surface area contributed by atoms with Crippen molar-refractivity contribution in [1.82, 2.24) is 4.98 Å². The van der Waals surface area contributed by atoms with E-state index in [-0.39, 0.29) is 5.91 Å². The molecule has 1 N–H and O–H groups in total. The second-order valence-corrected chi connectivity index (χ2v) is 4.56. The highest BCUT2D eigenvalue weighted by Crippen LogP contribution is 2.10. The van der Waals surface area contributed by atoms with Crippen molar-refractivity contribution < 1.29 is 4.79 Å². The molecular weight excluding hydrogens is 220 g/mol. The molecule has 4 heteroatoms. The SMILES string of the molecule is Cc1ccc(NC(=O)Cc2cccs2)nc1. The number of aromatic nitrogens is 1. The lowest BCUT2D eigenvalue weighted by atomic mass is 10.3. The van der Waals surface area contributed by atoms with Crippen LogP contribution in [-0.4, -0.2) is 10.9 Å². The minimum atomic E-state index is -0.0289. The summed E-state index contributed by atoms with van der Waals surface area (Å²) in [4.78, 5) is 16.8. The Morgan fingerprint density at radius 2 is 2.31 bits per heavy atom. The monoisotopic (exact) mass is 232 g/mol. The third-order valence-electron chi connectivity index (χ3n) is 2.09. The summed E-state index contributed by atoms with van der Waals surface area (Å²) in [7, 11) is 0. The van der Waals surface area contributed by atoms with E-state index >= 15 is 0 Å². The molecule has 1 amide bonds. The fourth-order valence-corrected chi connectivity index (χ4v) is 2.00. The third kappa shape index (κ3) is 2.90. The topological polar surface area (TPSA) is 42.0 Å². The normalized spacial score (nSPS) is 10.1. The molecule has 82 valence electrons. The largest absolute Gasteiger partial charge is 0.310 e. The summed E-state index contributed by atoms with van der Waals surface area (Å²) in [5, 5.41) is 4.73. The lowest BCUT2D eigenvalue weighted by Crippen LogP contribution is -2.14. The van der Waals surface area contributed by atoms with Crippen LogP contribution in [0.3, 0.4) is 0 Å². The molecule has 2 heterocycles. The second kappa shape index (κ2) is 4.90. The van der Waals surface area contributed by atoms with E-state index in [0.717, 1.165) is 10.4 Å². The molecule has 0 radical (unpaired) electrons. The van der Waals surface area contributed by atoms with Gasteiger partial charge in [0.05, 0.1) is 6.42 Å². The van der Waals surface area contributed by atoms with Crippen LogP contribution in [0.5, 0.6) is 0 Å². The number of rotatable bonds is 3. The van der Waals surface area contributed by atoms with Crippen molar-refractivity contribution in [3.63, 3.8) is 0 Å². The summed E-state index contributed by atoms with van der Waals surface area (Å²) in [6.07, 6.45) is 2.15. The average molecular weight is 232 g/mol. The Bertz CT molecular complexity index is 462. The van der Waals surface area contributed by atoms with Gasteiger partial charge in [-0.1, -0.05) is 12.1 Å². The molecule has 0 aliphatic rings. The lowest BCUT2D eigenvalue weighted by molar-refractivity contribution is -0.115. The number of hydrogen-bond acceptors (Lipinski definition) is 3. The van der Waals surface area contributed by atoms with Crippen LogP contribution in [-0.2, 0) is 11.2 Å². The highest BCUT2D eigenvalue weighted by atomic mass is 32.1. The van der Waals surface area contributed by atoms with Gasteiger partial charge in [-0.05, 0) is 30.0 Å². The first-order valence-electron chi connectivity index (χ1n) is 4.99. The molecule has 2 aromatic heterocycles. The average Bonchev–Trinajstić information content (AvgIpc) is 2.74. The van der Waals surface area contributed by atoms with E-state index in [2.05, 4.69) is 10.3 Å². The molecule has 2 rings (SSSR count). The van der Waals surface area contributed by atoms with E-state index in [0.29, 0.717) is 12.2 Å². The number of carbonyl (C=O) groups is 1. The quantitative estimate of drug-likeness (QED) is 0.884. The van der Waals surface area contributed by atoms with Crippen LogP contribution >= 0.6 is 11.3 Å². The summed E-state index contributed by atoms with van der Waals surface area (Å²) in [5.74, 6) is 0.575. The van der Waals surface area contributed by atoms with Gasteiger partial charge in [0, 0.05) is 11.1 Å². The molecule has 0 spiro atoms. The van der Waals surface area contributed by atoms with Crippen molar-refractivity contribution in [2.45, 2.75) is 13.3 Å². The number of thiophene rings is 1. The van der Waals surface area contributed by atoms with Gasteiger partial charge in [-0.15, -0.1) is 11.3 Å². The number of anilines is 1. The Kier molecular flexibility index (Phi) is 3.31. The Balaban J connectivity index is 1.95. The standard InChI is InChI=1S/C12H12N2OS/c1-9-4-5-11(13-8-9)14-12(15)7-10-3-2-6-16-10/h2-6,8H,7H2,1H3,(H,13,14,15). The van der Waals surface area contributed by atoms with Crippen LogP contribution in [0.15, 0.2) is 35.8 Å². The first-order valence-corrected chi connectivity index (χ1v) is 5.87. The number of amides is 1. The molecule has 0 atom stereocenters. The van der Waals surface area contributed by atoms with E-state index in [4.69, 9.17) is 0 Å². The molecule has 0 aromatic carbocycles. The minimum absolute atomic E-state index is 0.0289. The van der Waals surface area contributed by atoms with Gasteiger partial charge >= 0.3 is 0 Å². The zero-order valence-electron chi connectivity index (χ0n) is 8.93. The number of nitrogens with zero attached hydrogens (tertiary/aromatic N) is 1. The fraction of sp³-hybridized carbons (Fsp3) is 0.167. The molecule has 0 aliphatic carbocycles. The summed E-state index contributed by atoms with van der Waals surface area (Å²) in [6.45, 7) is 1.96. The van der Waals surface area contributed by atoms with E-state index < -0.39 is 0 Å². The van der Waals surface area contributed by atoms with Crippen molar-refractivity contribution in [3.05, 3.63) is 46.3 Å². The van der Waals surface area contributed by atoms with Crippen molar-refractivity contribution in [3.8, 4) is 0 Å². The van der Waals surface area contributed by atoms with Crippen LogP contribution < -0.4 is 5.32 Å². The molecule has 0 fully saturated rings. The smallest absolute Gasteiger partial charge is 0.230 e. The van der Waals surface area contributed by atoms with Crippen molar-refractivity contribution >= 4 is 23.1 Å². The lowest BCUT2D eigenvalue weighted by Gasteiger charge is -2.03. The van der Waals surface area contributed by atoms with E-state index in [1.54, 1.807) is 17.5 Å². The van der Waals surface area contributed by atoms with Crippen molar-refractivity contribution in [1.29, 1.82) is 0 Å². The molecule has 16 heavy (non-hydrogen) atoms. The Morgan fingerprint density at radius 3 is 2.94 bits per heavy atom. The summed E-state index contributed by atoms with van der Waals surface area (Å²) in [5.41, 5.74) is 1.08. The zero-order valence-corrected chi connectivity index (χ0v) is 9.75. The molecule has 0 bridgehead atoms. The van der Waals surface area contributed by atoms with Crippen LogP contribution in [0, 0.1) is 6.92 Å². The molecule has 0 aliphatic heterocycles. The number of hydrogen-bond donors (Lipinski definition) is 1. The van der Waals surface area contributed by atoms with Crippen molar-refractivity contribution in [2.24, 2.45) is 0 Å². The van der Waals surface area contributed by atoms with Gasteiger partial charge in [-0.25, -0.2) is 4.98 Å². The maximum Gasteiger partial charge on any atom is 0.230 e. The van der Waals surface area contributed by atoms with Gasteiger partial charge in [0.1, 0.15) is 5.82 Å². The van der Waals surface area contributed by atoms with Gasteiger partial charge in [0.2, 0.25) is 5.91 Å². The highest BCUT2D eigenvalue weighted by molar-refractivity contribution is 7.10. The summed E-state index contributed by atoms with van der Waals surface area (Å²) < 4.78 is 0. The van der Waals surface area contributed by atoms with E-state index in [1.165, 1.54) is 0 Å². The first kappa shape index (κ1) is 10.8. The number of aryl methyl sites for hydroxylation is 1. The van der Waals surface area contributed by atoms with Crippen LogP contribution in [0.1, 0.15) is 10.4 Å². The zero-order chi connectivity index (χ0) is 11.4.